The number of carboxylic acids is 5. The van der Waals surface area contributed by atoms with Crippen LogP contribution >= 0.6 is 0 Å². The second-order valence-electron chi connectivity index (χ2n) is 15.5. The molecule has 1 heterocycles. The van der Waals surface area contributed by atoms with E-state index in [1.165, 1.54) is 0 Å². The number of ether oxygens (including phenoxy) is 1. The molecule has 0 aromatic carbocycles. The first kappa shape index (κ1) is 67.2. The fraction of sp³-hybridized carbons (Fsp3) is 0.891. The number of aliphatic carboxylic acids is 5. The molecule has 1 saturated heterocycles. The first-order chi connectivity index (χ1) is 28.8. The Kier molecular flexibility index (Phi) is 51.4. The SMILES string of the molecule is CCCCC(CC)C(=O)O.CCCCC(CC)C(=O)O.CCCCC(CC)C(=O)O.CCCCC(CC)C(=O)O.CCCCC(CC)C(=O)O.OC[C@@H](O)[C@H]1OC[C@H](O)[C@H]1O. The summed E-state index contributed by atoms with van der Waals surface area (Å²) in [6.45, 7) is 19.5. The van der Waals surface area contributed by atoms with Gasteiger partial charge < -0.3 is 50.7 Å². The standard InChI is InChI=1S/5C8H16O2.C6H12O5/c5*1-3-5-6-7(4-2)8(9)10;7-1-3(8)6-5(10)4(9)2-11-6/h5*7H,3-6H2,1-2H3,(H,9,10);3-10H,1-2H2/t;;;;;3-,4+,5-,6-/m.....1/s1. The molecule has 1 rings (SSSR count). The summed E-state index contributed by atoms with van der Waals surface area (Å²) >= 11 is 0. The summed E-state index contributed by atoms with van der Waals surface area (Å²) in [5.74, 6) is -3.77. The highest BCUT2D eigenvalue weighted by Gasteiger charge is 2.38. The van der Waals surface area contributed by atoms with Crippen LogP contribution < -0.4 is 0 Å². The minimum atomic E-state index is -1.12. The van der Waals surface area contributed by atoms with Crippen molar-refractivity contribution in [3.8, 4) is 0 Å². The summed E-state index contributed by atoms with van der Waals surface area (Å²) < 4.78 is 4.82. The molecular weight excluding hydrogens is 792 g/mol. The molecule has 0 aliphatic carbocycles. The summed E-state index contributed by atoms with van der Waals surface area (Å²) in [4.78, 5) is 52.2. The van der Waals surface area contributed by atoms with E-state index < -0.39 is 60.9 Å². The van der Waals surface area contributed by atoms with Crippen molar-refractivity contribution < 1.29 is 74.7 Å². The molecule has 1 aliphatic heterocycles. The maximum Gasteiger partial charge on any atom is 0.306 e. The molecule has 9 N–H and O–H groups in total. The third-order valence-corrected chi connectivity index (χ3v) is 10.5. The van der Waals surface area contributed by atoms with Crippen molar-refractivity contribution in [3.63, 3.8) is 0 Å². The van der Waals surface area contributed by atoms with Gasteiger partial charge in [-0.1, -0.05) is 133 Å². The maximum atomic E-state index is 10.4. The van der Waals surface area contributed by atoms with Crippen LogP contribution in [0.25, 0.3) is 0 Å². The van der Waals surface area contributed by atoms with Gasteiger partial charge in [-0.25, -0.2) is 0 Å². The Morgan fingerprint density at radius 1 is 0.459 bits per heavy atom. The van der Waals surface area contributed by atoms with Gasteiger partial charge in [-0.15, -0.1) is 0 Å². The largest absolute Gasteiger partial charge is 0.481 e. The van der Waals surface area contributed by atoms with Crippen LogP contribution in [0.5, 0.6) is 0 Å². The lowest BCUT2D eigenvalue weighted by molar-refractivity contribution is -0.143. The average Bonchev–Trinajstić information content (AvgIpc) is 3.56. The monoisotopic (exact) mass is 885 g/mol. The first-order valence-corrected chi connectivity index (χ1v) is 23.2. The molecule has 15 nitrogen and oxygen atoms in total. The number of aliphatic hydroxyl groups is 4. The summed E-state index contributed by atoms with van der Waals surface area (Å²) in [5, 5.41) is 78.5. The van der Waals surface area contributed by atoms with Crippen LogP contribution in [0, 0.1) is 29.6 Å². The van der Waals surface area contributed by atoms with Crippen LogP contribution in [0.3, 0.4) is 0 Å². The molecule has 5 unspecified atom stereocenters. The molecule has 1 fully saturated rings. The van der Waals surface area contributed by atoms with E-state index in [4.69, 9.17) is 50.7 Å². The molecule has 0 bridgehead atoms. The van der Waals surface area contributed by atoms with Crippen LogP contribution in [-0.4, -0.2) is 113 Å². The minimum Gasteiger partial charge on any atom is -0.481 e. The van der Waals surface area contributed by atoms with Crippen molar-refractivity contribution in [2.24, 2.45) is 29.6 Å². The third-order valence-electron chi connectivity index (χ3n) is 10.5. The zero-order valence-electron chi connectivity index (χ0n) is 39.7. The lowest BCUT2D eigenvalue weighted by Gasteiger charge is -2.18. The van der Waals surface area contributed by atoms with Crippen LogP contribution in [0.4, 0.5) is 0 Å². The smallest absolute Gasteiger partial charge is 0.306 e. The molecule has 0 radical (unpaired) electrons. The molecule has 1 aliphatic rings. The number of hydrogen-bond donors (Lipinski definition) is 9. The number of unbranched alkanes of at least 4 members (excludes halogenated alkanes) is 5. The van der Waals surface area contributed by atoms with E-state index in [-0.39, 0.29) is 36.2 Å². The van der Waals surface area contributed by atoms with Crippen LogP contribution in [-0.2, 0) is 28.7 Å². The van der Waals surface area contributed by atoms with Gasteiger partial charge >= 0.3 is 29.8 Å². The second-order valence-corrected chi connectivity index (χ2v) is 15.5. The Morgan fingerprint density at radius 3 is 0.787 bits per heavy atom. The Morgan fingerprint density at radius 2 is 0.672 bits per heavy atom. The molecule has 0 amide bonds. The van der Waals surface area contributed by atoms with E-state index in [0.717, 1.165) is 128 Å². The third kappa shape index (κ3) is 39.7. The summed E-state index contributed by atoms with van der Waals surface area (Å²) in [6, 6.07) is 0. The lowest BCUT2D eigenvalue weighted by atomic mass is 10.00. The van der Waals surface area contributed by atoms with E-state index in [0.29, 0.717) is 0 Å². The van der Waals surface area contributed by atoms with E-state index in [1.54, 1.807) is 0 Å². The Balaban J connectivity index is -0.000000206. The van der Waals surface area contributed by atoms with E-state index in [9.17, 15) is 24.0 Å². The van der Waals surface area contributed by atoms with Crippen molar-refractivity contribution in [2.45, 2.75) is 222 Å². The Hall–Kier alpha value is -2.85. The van der Waals surface area contributed by atoms with Crippen molar-refractivity contribution >= 4 is 29.8 Å². The van der Waals surface area contributed by atoms with Gasteiger partial charge in [-0.3, -0.25) is 24.0 Å². The van der Waals surface area contributed by atoms with Gasteiger partial charge in [-0.05, 0) is 64.2 Å². The average molecular weight is 885 g/mol. The molecular formula is C46H92O15. The Labute approximate surface area is 368 Å². The van der Waals surface area contributed by atoms with Crippen molar-refractivity contribution in [1.82, 2.24) is 0 Å². The van der Waals surface area contributed by atoms with Crippen LogP contribution in [0.2, 0.25) is 0 Å². The van der Waals surface area contributed by atoms with Gasteiger partial charge in [0, 0.05) is 0 Å². The van der Waals surface area contributed by atoms with Crippen LogP contribution in [0.15, 0.2) is 0 Å². The van der Waals surface area contributed by atoms with Gasteiger partial charge in [0.15, 0.2) is 0 Å². The highest BCUT2D eigenvalue weighted by atomic mass is 16.5. The minimum absolute atomic E-state index is 0.00287. The predicted molar refractivity (Wildman–Crippen MR) is 240 cm³/mol. The zero-order valence-corrected chi connectivity index (χ0v) is 39.7. The van der Waals surface area contributed by atoms with Crippen molar-refractivity contribution in [3.05, 3.63) is 0 Å². The topological polar surface area (TPSA) is 277 Å². The highest BCUT2D eigenvalue weighted by molar-refractivity contribution is 5.71. The van der Waals surface area contributed by atoms with Crippen LogP contribution in [0.1, 0.15) is 198 Å². The molecule has 9 atom stereocenters. The van der Waals surface area contributed by atoms with Gasteiger partial charge in [0.1, 0.15) is 24.4 Å². The second kappa shape index (κ2) is 46.6. The van der Waals surface area contributed by atoms with Gasteiger partial charge in [0.2, 0.25) is 0 Å². The summed E-state index contributed by atoms with van der Waals surface area (Å²) in [6.07, 6.45) is 14.5. The normalized spacial score (nSPS) is 18.0. The lowest BCUT2D eigenvalue weighted by Crippen LogP contribution is -2.40. The van der Waals surface area contributed by atoms with Gasteiger partial charge in [0.25, 0.3) is 0 Å². The number of carboxylic acid groups (broad SMARTS) is 5. The highest BCUT2D eigenvalue weighted by Crippen LogP contribution is 2.18. The zero-order chi connectivity index (χ0) is 48.3. The maximum absolute atomic E-state index is 10.4. The van der Waals surface area contributed by atoms with Crippen molar-refractivity contribution in [1.29, 1.82) is 0 Å². The van der Waals surface area contributed by atoms with Crippen molar-refractivity contribution in [2.75, 3.05) is 13.2 Å². The number of rotatable bonds is 27. The van der Waals surface area contributed by atoms with Gasteiger partial charge in [0.05, 0.1) is 42.8 Å². The van der Waals surface area contributed by atoms with E-state index in [1.807, 2.05) is 34.6 Å². The molecule has 15 heteroatoms. The summed E-state index contributed by atoms with van der Waals surface area (Å²) in [5.41, 5.74) is 0. The molecule has 0 saturated carbocycles. The molecule has 0 aromatic rings. The number of hydrogen-bond acceptors (Lipinski definition) is 10. The Bertz CT molecular complexity index is 890. The number of carbonyl (C=O) groups is 5. The molecule has 0 aromatic heterocycles. The molecule has 61 heavy (non-hydrogen) atoms. The van der Waals surface area contributed by atoms with E-state index in [2.05, 4.69) is 34.6 Å². The number of aliphatic hydroxyl groups excluding tert-OH is 4. The fourth-order valence-electron chi connectivity index (χ4n) is 5.83. The quantitative estimate of drug-likeness (QED) is 0.0372. The fourth-order valence-corrected chi connectivity index (χ4v) is 5.83. The van der Waals surface area contributed by atoms with Gasteiger partial charge in [-0.2, -0.15) is 0 Å². The first-order valence-electron chi connectivity index (χ1n) is 23.2. The molecule has 366 valence electrons. The van der Waals surface area contributed by atoms with E-state index >= 15 is 0 Å². The summed E-state index contributed by atoms with van der Waals surface area (Å²) in [7, 11) is 0. The predicted octanol–water partition coefficient (Wildman–Crippen LogP) is 8.90. The molecule has 0 spiro atoms.